The number of carbonyl (C=O) groups excluding carboxylic acids is 2. The molecule has 0 spiro atoms. The predicted molar refractivity (Wildman–Crippen MR) is 71.4 cm³/mol. The molecular weight excluding hydrogens is 280 g/mol. The minimum absolute atomic E-state index is 0.120. The molecule has 2 aromatic rings. The van der Waals surface area contributed by atoms with Gasteiger partial charge in [-0.25, -0.2) is 9.69 Å². The van der Waals surface area contributed by atoms with Crippen molar-refractivity contribution in [3.05, 3.63) is 46.1 Å². The first kappa shape index (κ1) is 12.5. The molecule has 0 atom stereocenters. The molecule has 0 aliphatic carbocycles. The maximum atomic E-state index is 12.2. The van der Waals surface area contributed by atoms with Crippen molar-refractivity contribution in [2.75, 3.05) is 4.90 Å². The largest absolute Gasteiger partial charge is 0.477 e. The van der Waals surface area contributed by atoms with Gasteiger partial charge in [-0.1, -0.05) is 0 Å². The lowest BCUT2D eigenvalue weighted by Crippen LogP contribution is -2.28. The van der Waals surface area contributed by atoms with Crippen LogP contribution >= 0.6 is 11.3 Å². The third-order valence-electron chi connectivity index (χ3n) is 3.01. The monoisotopic (exact) mass is 288 g/mol. The standard InChI is InChI=1S/C13H8N2O4S/c1-6-4-9(20-10(6)13(18)19)15-11(16)7-2-3-14-5-8(7)12(15)17/h2-5H,1H3,(H,18,19). The third-order valence-corrected chi connectivity index (χ3v) is 4.22. The molecule has 1 aliphatic rings. The Morgan fingerprint density at radius 2 is 2.00 bits per heavy atom. The van der Waals surface area contributed by atoms with Crippen molar-refractivity contribution in [1.29, 1.82) is 0 Å². The zero-order valence-electron chi connectivity index (χ0n) is 10.3. The molecule has 20 heavy (non-hydrogen) atoms. The van der Waals surface area contributed by atoms with Gasteiger partial charge >= 0.3 is 5.97 Å². The lowest BCUT2D eigenvalue weighted by Gasteiger charge is -2.10. The summed E-state index contributed by atoms with van der Waals surface area (Å²) in [6.45, 7) is 1.63. The number of carbonyl (C=O) groups is 3. The van der Waals surface area contributed by atoms with Crippen molar-refractivity contribution >= 4 is 34.1 Å². The molecule has 0 bridgehead atoms. The Morgan fingerprint density at radius 1 is 1.30 bits per heavy atom. The lowest BCUT2D eigenvalue weighted by atomic mass is 10.2. The van der Waals surface area contributed by atoms with Crippen molar-refractivity contribution in [2.24, 2.45) is 0 Å². The molecule has 0 unspecified atom stereocenters. The number of carboxylic acids is 1. The van der Waals surface area contributed by atoms with Gasteiger partial charge in [-0.3, -0.25) is 14.6 Å². The van der Waals surface area contributed by atoms with Crippen LogP contribution in [0.2, 0.25) is 0 Å². The average molecular weight is 288 g/mol. The highest BCUT2D eigenvalue weighted by Crippen LogP contribution is 2.35. The maximum Gasteiger partial charge on any atom is 0.346 e. The van der Waals surface area contributed by atoms with E-state index in [1.54, 1.807) is 6.92 Å². The summed E-state index contributed by atoms with van der Waals surface area (Å²) in [5, 5.41) is 9.35. The van der Waals surface area contributed by atoms with Gasteiger partial charge < -0.3 is 5.11 Å². The molecule has 0 saturated carbocycles. The van der Waals surface area contributed by atoms with E-state index in [2.05, 4.69) is 4.98 Å². The molecule has 2 amide bonds. The van der Waals surface area contributed by atoms with Crippen molar-refractivity contribution in [2.45, 2.75) is 6.92 Å². The number of aryl methyl sites for hydroxylation is 1. The number of imide groups is 1. The summed E-state index contributed by atoms with van der Waals surface area (Å²) in [6, 6.07) is 3.01. The Labute approximate surface area is 117 Å². The molecular formula is C13H8N2O4S. The fourth-order valence-electron chi connectivity index (χ4n) is 2.07. The molecule has 0 radical (unpaired) electrons. The third kappa shape index (κ3) is 1.64. The van der Waals surface area contributed by atoms with E-state index in [0.717, 1.165) is 16.2 Å². The number of fused-ring (bicyclic) bond motifs is 1. The summed E-state index contributed by atoms with van der Waals surface area (Å²) in [6.07, 6.45) is 2.78. The second-order valence-electron chi connectivity index (χ2n) is 4.27. The maximum absolute atomic E-state index is 12.2. The van der Waals surface area contributed by atoms with Crippen LogP contribution in [0.3, 0.4) is 0 Å². The zero-order chi connectivity index (χ0) is 14.4. The lowest BCUT2D eigenvalue weighted by molar-refractivity contribution is 0.0700. The Kier molecular flexibility index (Phi) is 2.65. The van der Waals surface area contributed by atoms with Gasteiger partial charge in [-0.05, 0) is 24.6 Å². The van der Waals surface area contributed by atoms with Gasteiger partial charge in [0.2, 0.25) is 0 Å². The van der Waals surface area contributed by atoms with E-state index < -0.39 is 17.8 Å². The highest BCUT2D eigenvalue weighted by atomic mass is 32.1. The molecule has 3 rings (SSSR count). The first-order valence-corrected chi connectivity index (χ1v) is 6.49. The van der Waals surface area contributed by atoms with Crippen LogP contribution < -0.4 is 4.90 Å². The van der Waals surface area contributed by atoms with Gasteiger partial charge in [0, 0.05) is 12.4 Å². The average Bonchev–Trinajstić information content (AvgIpc) is 2.90. The highest BCUT2D eigenvalue weighted by molar-refractivity contribution is 7.18. The van der Waals surface area contributed by atoms with Crippen molar-refractivity contribution in [3.63, 3.8) is 0 Å². The van der Waals surface area contributed by atoms with Crippen molar-refractivity contribution in [3.8, 4) is 0 Å². The van der Waals surface area contributed by atoms with Crippen LogP contribution in [0.1, 0.15) is 36.0 Å². The number of nitrogens with zero attached hydrogens (tertiary/aromatic N) is 2. The highest BCUT2D eigenvalue weighted by Gasteiger charge is 2.38. The fraction of sp³-hybridized carbons (Fsp3) is 0.0769. The van der Waals surface area contributed by atoms with E-state index in [-0.39, 0.29) is 16.0 Å². The summed E-state index contributed by atoms with van der Waals surface area (Å²) in [5.41, 5.74) is 1.04. The van der Waals surface area contributed by atoms with E-state index in [9.17, 15) is 14.4 Å². The molecule has 6 nitrogen and oxygen atoms in total. The number of aromatic carboxylic acids is 1. The van der Waals surface area contributed by atoms with Crippen molar-refractivity contribution in [1.82, 2.24) is 4.98 Å². The van der Waals surface area contributed by atoms with Crippen LogP contribution in [0.25, 0.3) is 0 Å². The summed E-state index contributed by atoms with van der Waals surface area (Å²) >= 11 is 0.907. The quantitative estimate of drug-likeness (QED) is 0.853. The molecule has 0 aromatic carbocycles. The number of hydrogen-bond donors (Lipinski definition) is 1. The molecule has 100 valence electrons. The van der Waals surface area contributed by atoms with Crippen LogP contribution in [0.5, 0.6) is 0 Å². The normalized spacial score (nSPS) is 13.8. The zero-order valence-corrected chi connectivity index (χ0v) is 11.1. The van der Waals surface area contributed by atoms with Crippen LogP contribution in [0, 0.1) is 6.92 Å². The summed E-state index contributed by atoms with van der Waals surface area (Å²) in [7, 11) is 0. The Bertz CT molecular complexity index is 730. The molecule has 2 aromatic heterocycles. The number of aromatic nitrogens is 1. The predicted octanol–water partition coefficient (Wildman–Crippen LogP) is 1.95. The Morgan fingerprint density at radius 3 is 2.60 bits per heavy atom. The van der Waals surface area contributed by atoms with Crippen LogP contribution in [-0.4, -0.2) is 27.9 Å². The Balaban J connectivity index is 2.09. The second-order valence-corrected chi connectivity index (χ2v) is 5.30. The van der Waals surface area contributed by atoms with Gasteiger partial charge in [0.15, 0.2) is 0 Å². The summed E-state index contributed by atoms with van der Waals surface area (Å²) < 4.78 is 0. The Hall–Kier alpha value is -2.54. The van der Waals surface area contributed by atoms with Gasteiger partial charge in [0.25, 0.3) is 11.8 Å². The fourth-order valence-corrected chi connectivity index (χ4v) is 3.08. The molecule has 7 heteroatoms. The summed E-state index contributed by atoms with van der Waals surface area (Å²) in [5.74, 6) is -2.00. The van der Waals surface area contributed by atoms with Crippen molar-refractivity contribution < 1.29 is 19.5 Å². The van der Waals surface area contributed by atoms with Crippen LogP contribution in [-0.2, 0) is 0 Å². The number of amides is 2. The van der Waals surface area contributed by atoms with Crippen LogP contribution in [0.4, 0.5) is 5.00 Å². The van der Waals surface area contributed by atoms with E-state index in [4.69, 9.17) is 5.11 Å². The SMILES string of the molecule is Cc1cc(N2C(=O)c3ccncc3C2=O)sc1C(=O)O. The number of thiophene rings is 1. The van der Waals surface area contributed by atoms with Gasteiger partial charge in [-0.2, -0.15) is 0 Å². The van der Waals surface area contributed by atoms with E-state index in [1.165, 1.54) is 24.5 Å². The number of pyridine rings is 1. The number of carboxylic acid groups (broad SMARTS) is 1. The number of rotatable bonds is 2. The second kappa shape index (κ2) is 4.24. The minimum Gasteiger partial charge on any atom is -0.477 e. The molecule has 1 aliphatic heterocycles. The topological polar surface area (TPSA) is 87.6 Å². The van der Waals surface area contributed by atoms with Gasteiger partial charge in [-0.15, -0.1) is 11.3 Å². The van der Waals surface area contributed by atoms with E-state index >= 15 is 0 Å². The van der Waals surface area contributed by atoms with Gasteiger partial charge in [0.1, 0.15) is 9.88 Å². The van der Waals surface area contributed by atoms with E-state index in [0.29, 0.717) is 10.6 Å². The molecule has 1 N–H and O–H groups in total. The number of anilines is 1. The van der Waals surface area contributed by atoms with Crippen LogP contribution in [0.15, 0.2) is 24.5 Å². The first-order valence-electron chi connectivity index (χ1n) is 5.67. The number of hydrogen-bond acceptors (Lipinski definition) is 5. The smallest absolute Gasteiger partial charge is 0.346 e. The summed E-state index contributed by atoms with van der Waals surface area (Å²) in [4.78, 5) is 40.4. The minimum atomic E-state index is -1.07. The first-order chi connectivity index (χ1) is 9.50. The van der Waals surface area contributed by atoms with E-state index in [1.807, 2.05) is 0 Å². The molecule has 0 fully saturated rings. The molecule has 0 saturated heterocycles. The van der Waals surface area contributed by atoms with Gasteiger partial charge in [0.05, 0.1) is 11.1 Å². The molecule has 3 heterocycles.